The van der Waals surface area contributed by atoms with Crippen LogP contribution in [0.3, 0.4) is 0 Å². The summed E-state index contributed by atoms with van der Waals surface area (Å²) in [4.78, 5) is 39.5. The molecule has 1 aliphatic carbocycles. The number of carbonyl (C=O) groups excluding carboxylic acids is 2. The fourth-order valence-corrected chi connectivity index (χ4v) is 5.33. The molecule has 1 saturated heterocycles. The van der Waals surface area contributed by atoms with Gasteiger partial charge in [-0.2, -0.15) is 0 Å². The molecule has 2 aliphatic rings. The Morgan fingerprint density at radius 1 is 1.00 bits per heavy atom. The number of fused-ring (bicyclic) bond motifs is 3. The number of nitrogens with one attached hydrogen (secondary N) is 1. The van der Waals surface area contributed by atoms with Gasteiger partial charge >= 0.3 is 12.1 Å². The highest BCUT2D eigenvalue weighted by Crippen LogP contribution is 2.44. The number of carboxylic acid groups (broad SMARTS) is 1. The first-order chi connectivity index (χ1) is 17.0. The highest BCUT2D eigenvalue weighted by Gasteiger charge is 2.35. The maximum absolute atomic E-state index is 13.4. The van der Waals surface area contributed by atoms with Gasteiger partial charge in [-0.15, -0.1) is 0 Å². The molecule has 7 nitrogen and oxygen atoms in total. The first-order valence-electron chi connectivity index (χ1n) is 12.7. The highest BCUT2D eigenvalue weighted by atomic mass is 16.5. The maximum Gasteiger partial charge on any atom is 0.407 e. The fraction of sp³-hybridized carbons (Fsp3) is 0.464. The van der Waals surface area contributed by atoms with Gasteiger partial charge in [0.2, 0.25) is 5.91 Å². The zero-order valence-electron chi connectivity index (χ0n) is 20.2. The summed E-state index contributed by atoms with van der Waals surface area (Å²) in [6.07, 6.45) is 4.36. The molecule has 2 atom stereocenters. The van der Waals surface area contributed by atoms with Crippen molar-refractivity contribution in [3.05, 3.63) is 59.7 Å². The van der Waals surface area contributed by atoms with E-state index < -0.39 is 24.1 Å². The standard InChI is InChI=1S/C28H34N2O5/c1-2-11-24(26(31)30-17-10-4-3-5-16-25(30)27(32)33)29-28(34)35-18-23-21-14-8-6-12-19(21)20-13-7-9-15-22(20)23/h6-9,12-15,23-25H,2-5,10-11,16-18H2,1H3,(H,29,34)(H,32,33)/t24-,25?/m0/s1. The third kappa shape index (κ3) is 5.50. The largest absolute Gasteiger partial charge is 0.480 e. The first kappa shape index (κ1) is 24.8. The second-order valence-corrected chi connectivity index (χ2v) is 9.40. The van der Waals surface area contributed by atoms with Crippen molar-refractivity contribution in [2.75, 3.05) is 13.2 Å². The topological polar surface area (TPSA) is 95.9 Å². The number of rotatable bonds is 7. The molecular weight excluding hydrogens is 444 g/mol. The summed E-state index contributed by atoms with van der Waals surface area (Å²) in [7, 11) is 0. The molecule has 35 heavy (non-hydrogen) atoms. The van der Waals surface area contributed by atoms with E-state index in [4.69, 9.17) is 4.74 Å². The lowest BCUT2D eigenvalue weighted by Gasteiger charge is -2.33. The number of aliphatic carboxylic acids is 1. The van der Waals surface area contributed by atoms with E-state index >= 15 is 0 Å². The molecule has 0 saturated carbocycles. The van der Waals surface area contributed by atoms with Crippen LogP contribution in [0.4, 0.5) is 4.79 Å². The summed E-state index contributed by atoms with van der Waals surface area (Å²) in [5, 5.41) is 12.5. The number of carbonyl (C=O) groups is 3. The van der Waals surface area contributed by atoms with E-state index in [-0.39, 0.29) is 18.4 Å². The van der Waals surface area contributed by atoms with Crippen LogP contribution in [0.15, 0.2) is 48.5 Å². The van der Waals surface area contributed by atoms with Gasteiger partial charge in [-0.05, 0) is 41.5 Å². The van der Waals surface area contributed by atoms with E-state index in [1.807, 2.05) is 31.2 Å². The normalized spacial score (nSPS) is 18.5. The average Bonchev–Trinajstić information content (AvgIpc) is 3.15. The van der Waals surface area contributed by atoms with Gasteiger partial charge in [0.15, 0.2) is 0 Å². The molecular formula is C28H34N2O5. The van der Waals surface area contributed by atoms with Gasteiger partial charge in [0.25, 0.3) is 0 Å². The molecule has 1 aliphatic heterocycles. The number of carboxylic acids is 1. The molecule has 2 amide bonds. The van der Waals surface area contributed by atoms with Gasteiger partial charge in [-0.25, -0.2) is 9.59 Å². The lowest BCUT2D eigenvalue weighted by atomic mass is 9.98. The number of likely N-dealkylation sites (tertiary alicyclic amines) is 1. The van der Waals surface area contributed by atoms with E-state index in [1.54, 1.807) is 0 Å². The molecule has 1 fully saturated rings. The Morgan fingerprint density at radius 2 is 1.63 bits per heavy atom. The van der Waals surface area contributed by atoms with Crippen molar-refractivity contribution in [1.82, 2.24) is 10.2 Å². The third-order valence-corrected chi connectivity index (χ3v) is 7.08. The predicted octanol–water partition coefficient (Wildman–Crippen LogP) is 4.94. The van der Waals surface area contributed by atoms with Crippen LogP contribution in [0, 0.1) is 0 Å². The van der Waals surface area contributed by atoms with E-state index in [0.29, 0.717) is 25.8 Å². The van der Waals surface area contributed by atoms with Crippen molar-refractivity contribution < 1.29 is 24.2 Å². The van der Waals surface area contributed by atoms with Gasteiger partial charge in [0.05, 0.1) is 0 Å². The second-order valence-electron chi connectivity index (χ2n) is 9.40. The summed E-state index contributed by atoms with van der Waals surface area (Å²) in [6, 6.07) is 14.6. The molecule has 1 heterocycles. The number of nitrogens with zero attached hydrogens (tertiary/aromatic N) is 1. The molecule has 2 aromatic carbocycles. The monoisotopic (exact) mass is 478 g/mol. The number of hydrogen-bond acceptors (Lipinski definition) is 4. The van der Waals surface area contributed by atoms with Gasteiger partial charge in [-0.3, -0.25) is 4.79 Å². The minimum absolute atomic E-state index is 0.0702. The molecule has 2 N–H and O–H groups in total. The number of hydrogen-bond donors (Lipinski definition) is 2. The van der Waals surface area contributed by atoms with Crippen molar-refractivity contribution in [1.29, 1.82) is 0 Å². The van der Waals surface area contributed by atoms with Crippen LogP contribution in [-0.2, 0) is 14.3 Å². The van der Waals surface area contributed by atoms with Crippen LogP contribution in [0.5, 0.6) is 0 Å². The summed E-state index contributed by atoms with van der Waals surface area (Å²) in [6.45, 7) is 2.48. The van der Waals surface area contributed by atoms with Crippen LogP contribution >= 0.6 is 0 Å². The van der Waals surface area contributed by atoms with Crippen molar-refractivity contribution in [2.24, 2.45) is 0 Å². The Hall–Kier alpha value is -3.35. The highest BCUT2D eigenvalue weighted by molar-refractivity contribution is 5.89. The predicted molar refractivity (Wildman–Crippen MR) is 133 cm³/mol. The Morgan fingerprint density at radius 3 is 2.26 bits per heavy atom. The number of amides is 2. The van der Waals surface area contributed by atoms with Crippen LogP contribution in [0.1, 0.15) is 68.9 Å². The molecule has 0 spiro atoms. The van der Waals surface area contributed by atoms with Crippen LogP contribution in [0.25, 0.3) is 11.1 Å². The zero-order valence-corrected chi connectivity index (χ0v) is 20.2. The number of ether oxygens (including phenoxy) is 1. The van der Waals surface area contributed by atoms with Gasteiger partial charge in [0.1, 0.15) is 18.7 Å². The number of alkyl carbamates (subject to hydrolysis) is 1. The summed E-state index contributed by atoms with van der Waals surface area (Å²) in [5.74, 6) is -1.40. The number of benzene rings is 2. The second kappa shape index (κ2) is 11.4. The lowest BCUT2D eigenvalue weighted by molar-refractivity contribution is -0.152. The summed E-state index contributed by atoms with van der Waals surface area (Å²) < 4.78 is 5.64. The minimum atomic E-state index is -0.989. The van der Waals surface area contributed by atoms with Crippen molar-refractivity contribution in [3.8, 4) is 11.1 Å². The van der Waals surface area contributed by atoms with E-state index in [9.17, 15) is 19.5 Å². The van der Waals surface area contributed by atoms with Crippen LogP contribution in [-0.4, -0.2) is 53.2 Å². The summed E-state index contributed by atoms with van der Waals surface area (Å²) in [5.41, 5.74) is 4.53. The van der Waals surface area contributed by atoms with E-state index in [1.165, 1.54) is 4.90 Å². The molecule has 186 valence electrons. The maximum atomic E-state index is 13.4. The third-order valence-electron chi connectivity index (χ3n) is 7.08. The Labute approximate surface area is 206 Å². The van der Waals surface area contributed by atoms with Gasteiger partial charge < -0.3 is 20.1 Å². The average molecular weight is 479 g/mol. The van der Waals surface area contributed by atoms with Crippen molar-refractivity contribution >= 4 is 18.0 Å². The Kier molecular flexibility index (Phi) is 8.06. The molecule has 1 unspecified atom stereocenters. The van der Waals surface area contributed by atoms with Gasteiger partial charge in [0, 0.05) is 12.5 Å². The van der Waals surface area contributed by atoms with Crippen molar-refractivity contribution in [3.63, 3.8) is 0 Å². The molecule has 0 bridgehead atoms. The van der Waals surface area contributed by atoms with Gasteiger partial charge in [-0.1, -0.05) is 81.1 Å². The van der Waals surface area contributed by atoms with Crippen molar-refractivity contribution in [2.45, 2.75) is 69.9 Å². The minimum Gasteiger partial charge on any atom is -0.480 e. The molecule has 0 radical (unpaired) electrons. The molecule has 4 rings (SSSR count). The Balaban J connectivity index is 1.44. The molecule has 0 aromatic heterocycles. The Bertz CT molecular complexity index is 1020. The van der Waals surface area contributed by atoms with Crippen LogP contribution < -0.4 is 5.32 Å². The zero-order chi connectivity index (χ0) is 24.8. The molecule has 7 heteroatoms. The first-order valence-corrected chi connectivity index (χ1v) is 12.7. The quantitative estimate of drug-likeness (QED) is 0.588. The fourth-order valence-electron chi connectivity index (χ4n) is 5.33. The van der Waals surface area contributed by atoms with E-state index in [2.05, 4.69) is 29.6 Å². The van der Waals surface area contributed by atoms with Crippen LogP contribution in [0.2, 0.25) is 0 Å². The lowest BCUT2D eigenvalue weighted by Crippen LogP contribution is -2.54. The summed E-state index contributed by atoms with van der Waals surface area (Å²) >= 11 is 0. The smallest absolute Gasteiger partial charge is 0.407 e. The van der Waals surface area contributed by atoms with E-state index in [0.717, 1.165) is 47.9 Å². The molecule has 2 aromatic rings. The SMILES string of the molecule is CCC[C@H](NC(=O)OCC1c2ccccc2-c2ccccc21)C(=O)N1CCCCCCC1C(=O)O.